The first-order chi connectivity index (χ1) is 17.3. The van der Waals surface area contributed by atoms with Crippen molar-refractivity contribution in [2.24, 2.45) is 18.4 Å². The Hall–Kier alpha value is -3.99. The predicted octanol–water partition coefficient (Wildman–Crippen LogP) is 3.27. The number of nitrogens with zero attached hydrogens (tertiary/aromatic N) is 6. The number of ether oxygens (including phenoxy) is 1. The summed E-state index contributed by atoms with van der Waals surface area (Å²) in [7, 11) is 5.15. The summed E-state index contributed by atoms with van der Waals surface area (Å²) in [6.07, 6.45) is 3.81. The van der Waals surface area contributed by atoms with Crippen LogP contribution in [0.3, 0.4) is 0 Å². The van der Waals surface area contributed by atoms with E-state index in [1.807, 2.05) is 7.05 Å². The maximum Gasteiger partial charge on any atom is 0.233 e. The number of hydrogen-bond donors (Lipinski definition) is 1. The van der Waals surface area contributed by atoms with Crippen molar-refractivity contribution in [2.75, 3.05) is 32.6 Å². The molecule has 184 valence electrons. The van der Waals surface area contributed by atoms with Gasteiger partial charge in [-0.2, -0.15) is 5.10 Å². The van der Waals surface area contributed by atoms with Crippen molar-refractivity contribution in [3.8, 4) is 28.3 Å². The summed E-state index contributed by atoms with van der Waals surface area (Å²) in [5.74, 6) is -0.654. The number of hydrogen-bond acceptors (Lipinski definition) is 7. The van der Waals surface area contributed by atoms with Crippen LogP contribution in [0.5, 0.6) is 5.75 Å². The normalized spacial score (nSPS) is 21.0. The fraction of sp³-hybridized carbons (Fsp3) is 0.320. The molecule has 1 amide bonds. The topological polar surface area (TPSA) is 98.1 Å². The Kier molecular flexibility index (Phi) is 5.01. The molecule has 1 aromatic carbocycles. The summed E-state index contributed by atoms with van der Waals surface area (Å²) < 4.78 is 36.3. The highest BCUT2D eigenvalue weighted by atomic mass is 19.1. The molecule has 2 aliphatic rings. The van der Waals surface area contributed by atoms with Crippen molar-refractivity contribution in [1.82, 2.24) is 29.6 Å². The first kappa shape index (κ1) is 22.5. The van der Waals surface area contributed by atoms with E-state index in [0.717, 1.165) is 13.0 Å². The van der Waals surface area contributed by atoms with E-state index in [1.54, 1.807) is 19.3 Å². The number of rotatable bonds is 5. The predicted molar refractivity (Wildman–Crippen MR) is 128 cm³/mol. The van der Waals surface area contributed by atoms with Crippen molar-refractivity contribution in [3.05, 3.63) is 48.4 Å². The van der Waals surface area contributed by atoms with E-state index in [-0.39, 0.29) is 23.0 Å². The van der Waals surface area contributed by atoms with E-state index in [4.69, 9.17) is 4.74 Å². The Morgan fingerprint density at radius 2 is 1.97 bits per heavy atom. The van der Waals surface area contributed by atoms with Crippen molar-refractivity contribution in [2.45, 2.75) is 6.42 Å². The zero-order valence-electron chi connectivity index (χ0n) is 19.9. The van der Waals surface area contributed by atoms with Crippen LogP contribution in [-0.4, -0.2) is 62.8 Å². The number of anilines is 1. The number of aryl methyl sites for hydroxylation is 1. The second-order valence-corrected chi connectivity index (χ2v) is 9.50. The lowest BCUT2D eigenvalue weighted by molar-refractivity contribution is -0.121. The minimum absolute atomic E-state index is 0.0880. The summed E-state index contributed by atoms with van der Waals surface area (Å²) >= 11 is 0. The van der Waals surface area contributed by atoms with Gasteiger partial charge in [-0.1, -0.05) is 6.07 Å². The number of carbonyl (C=O) groups excluding carboxylic acids is 1. The average molecular weight is 492 g/mol. The molecule has 1 saturated carbocycles. The minimum atomic E-state index is -0.740. The molecule has 9 nitrogen and oxygen atoms in total. The van der Waals surface area contributed by atoms with Crippen LogP contribution in [0.1, 0.15) is 6.42 Å². The highest BCUT2D eigenvalue weighted by Gasteiger charge is 2.64. The zero-order chi connectivity index (χ0) is 25.2. The Balaban J connectivity index is 1.48. The number of amides is 1. The second-order valence-electron chi connectivity index (χ2n) is 9.50. The van der Waals surface area contributed by atoms with Crippen LogP contribution >= 0.6 is 0 Å². The van der Waals surface area contributed by atoms with Gasteiger partial charge < -0.3 is 15.0 Å². The van der Waals surface area contributed by atoms with Crippen molar-refractivity contribution < 1.29 is 18.3 Å². The monoisotopic (exact) mass is 491 g/mol. The van der Waals surface area contributed by atoms with Crippen LogP contribution in [-0.2, 0) is 11.8 Å². The van der Waals surface area contributed by atoms with E-state index in [1.165, 1.54) is 36.3 Å². The van der Waals surface area contributed by atoms with Crippen molar-refractivity contribution in [1.29, 1.82) is 0 Å². The number of nitrogens with one attached hydrogen (secondary N) is 1. The molecule has 4 aromatic rings. The van der Waals surface area contributed by atoms with Gasteiger partial charge >= 0.3 is 0 Å². The van der Waals surface area contributed by atoms with Crippen LogP contribution in [0, 0.1) is 23.0 Å². The van der Waals surface area contributed by atoms with Crippen LogP contribution in [0.2, 0.25) is 0 Å². The molecule has 36 heavy (non-hydrogen) atoms. The number of piperidine rings is 1. The van der Waals surface area contributed by atoms with Crippen molar-refractivity contribution in [3.63, 3.8) is 0 Å². The molecule has 0 bridgehead atoms. The molecule has 1 aliphatic carbocycles. The van der Waals surface area contributed by atoms with E-state index in [0.29, 0.717) is 40.5 Å². The lowest BCUT2D eigenvalue weighted by Crippen LogP contribution is -2.31. The summed E-state index contributed by atoms with van der Waals surface area (Å²) in [5.41, 5.74) is 0.908. The van der Waals surface area contributed by atoms with E-state index in [9.17, 15) is 13.6 Å². The average Bonchev–Trinajstić information content (AvgIpc) is 3.21. The van der Waals surface area contributed by atoms with Gasteiger partial charge in [0, 0.05) is 38.0 Å². The molecule has 3 aromatic heterocycles. The smallest absolute Gasteiger partial charge is 0.233 e. The third kappa shape index (κ3) is 3.41. The molecule has 2 atom stereocenters. The summed E-state index contributed by atoms with van der Waals surface area (Å²) in [6, 6.07) is 5.31. The highest BCUT2D eigenvalue weighted by molar-refractivity contribution is 6.01. The number of methoxy groups -OCH3 is 1. The summed E-state index contributed by atoms with van der Waals surface area (Å²) in [4.78, 5) is 28.7. The number of pyridine rings is 1. The molecular formula is C25H23F2N7O2. The van der Waals surface area contributed by atoms with Gasteiger partial charge in [0.2, 0.25) is 5.91 Å². The third-order valence-electron chi connectivity index (χ3n) is 7.08. The first-order valence-electron chi connectivity index (χ1n) is 11.5. The van der Waals surface area contributed by atoms with Gasteiger partial charge in [0.25, 0.3) is 0 Å². The van der Waals surface area contributed by atoms with E-state index >= 15 is 0 Å². The molecule has 0 spiro atoms. The Labute approximate surface area is 205 Å². The number of fused-ring (bicyclic) bond motifs is 2. The SMILES string of the molecule is COc1cc2ncnc(-c3cn(C)nc3-c3c(F)cccc3F)c2nc1NC(=O)[C@@]12C[C@@H]1CN(C)C2. The fourth-order valence-electron chi connectivity index (χ4n) is 5.30. The third-order valence-corrected chi connectivity index (χ3v) is 7.08. The van der Waals surface area contributed by atoms with Gasteiger partial charge in [-0.15, -0.1) is 0 Å². The molecule has 1 N–H and O–H groups in total. The van der Waals surface area contributed by atoms with Gasteiger partial charge in [-0.3, -0.25) is 9.48 Å². The summed E-state index contributed by atoms with van der Waals surface area (Å²) in [6.45, 7) is 1.59. The van der Waals surface area contributed by atoms with Crippen molar-refractivity contribution >= 4 is 22.8 Å². The summed E-state index contributed by atoms with van der Waals surface area (Å²) in [5, 5.41) is 7.26. The van der Waals surface area contributed by atoms with Gasteiger partial charge in [-0.25, -0.2) is 23.7 Å². The first-order valence-corrected chi connectivity index (χ1v) is 11.5. The Bertz CT molecular complexity index is 1520. The van der Waals surface area contributed by atoms with Gasteiger partial charge in [0.05, 0.1) is 23.6 Å². The van der Waals surface area contributed by atoms with Crippen LogP contribution in [0.25, 0.3) is 33.5 Å². The lowest BCUT2D eigenvalue weighted by atomic mass is 10.0. The molecule has 1 aliphatic heterocycles. The number of benzene rings is 1. The van der Waals surface area contributed by atoms with E-state index in [2.05, 4.69) is 30.3 Å². The quantitative estimate of drug-likeness (QED) is 0.458. The highest BCUT2D eigenvalue weighted by Crippen LogP contribution is 2.58. The van der Waals surface area contributed by atoms with Gasteiger partial charge in [0.15, 0.2) is 11.6 Å². The molecule has 11 heteroatoms. The molecule has 4 heterocycles. The molecule has 1 saturated heterocycles. The van der Waals surface area contributed by atoms with E-state index < -0.39 is 17.0 Å². The molecule has 6 rings (SSSR count). The number of aromatic nitrogens is 5. The van der Waals surface area contributed by atoms with Crippen LogP contribution in [0.15, 0.2) is 36.8 Å². The second kappa shape index (κ2) is 8.02. The molecule has 0 unspecified atom stereocenters. The van der Waals surface area contributed by atoms with Gasteiger partial charge in [-0.05, 0) is 31.5 Å². The Morgan fingerprint density at radius 3 is 2.67 bits per heavy atom. The standard InChI is InChI=1S/C25H23F2N7O2/c1-33-9-13-8-25(13,11-33)24(35)31-23-18(36-3)7-17-22(30-23)21(29-12-28-17)14-10-34(2)32-20(14)19-15(26)5-4-6-16(19)27/h4-7,10,12-13H,8-9,11H2,1-3H3,(H,30,31,35)/t13-,25-/m1/s1. The minimum Gasteiger partial charge on any atom is -0.493 e. The lowest BCUT2D eigenvalue weighted by Gasteiger charge is -2.17. The van der Waals surface area contributed by atoms with Crippen LogP contribution < -0.4 is 10.1 Å². The molecular weight excluding hydrogens is 468 g/mol. The fourth-order valence-corrected chi connectivity index (χ4v) is 5.30. The zero-order valence-corrected chi connectivity index (χ0v) is 19.9. The number of likely N-dealkylation sites (tertiary alicyclic amines) is 1. The molecule has 2 fully saturated rings. The van der Waals surface area contributed by atoms with Gasteiger partial charge in [0.1, 0.15) is 34.9 Å². The maximum absolute atomic E-state index is 14.7. The largest absolute Gasteiger partial charge is 0.493 e. The number of halogens is 2. The maximum atomic E-state index is 14.7. The molecule has 0 radical (unpaired) electrons. The Morgan fingerprint density at radius 1 is 1.19 bits per heavy atom. The number of carbonyl (C=O) groups is 1. The van der Waals surface area contributed by atoms with Crippen LogP contribution in [0.4, 0.5) is 14.6 Å².